The fourth-order valence-corrected chi connectivity index (χ4v) is 3.03. The summed E-state index contributed by atoms with van der Waals surface area (Å²) in [4.78, 5) is 31.6. The number of benzene rings is 2. The van der Waals surface area contributed by atoms with Crippen LogP contribution in [0.5, 0.6) is 5.75 Å². The van der Waals surface area contributed by atoms with Crippen molar-refractivity contribution in [3.8, 4) is 5.75 Å². The lowest BCUT2D eigenvalue weighted by Gasteiger charge is -2.19. The maximum absolute atomic E-state index is 12.8. The van der Waals surface area contributed by atoms with Gasteiger partial charge >= 0.3 is 0 Å². The Kier molecular flexibility index (Phi) is 6.11. The van der Waals surface area contributed by atoms with Crippen molar-refractivity contribution in [3.63, 3.8) is 0 Å². The number of hydrogen-bond donors (Lipinski definition) is 2. The zero-order valence-electron chi connectivity index (χ0n) is 15.5. The second-order valence-electron chi connectivity index (χ2n) is 6.34. The summed E-state index contributed by atoms with van der Waals surface area (Å²) in [7, 11) is 1.55. The molecule has 2 aromatic carbocycles. The summed E-state index contributed by atoms with van der Waals surface area (Å²) in [5, 5.41) is 3.62. The maximum atomic E-state index is 12.8. The highest BCUT2D eigenvalue weighted by molar-refractivity contribution is 6.30. The van der Waals surface area contributed by atoms with E-state index in [-0.39, 0.29) is 17.5 Å². The minimum atomic E-state index is -0.385. The average Bonchev–Trinajstić information content (AvgIpc) is 2.67. The number of nitrogens with zero attached hydrogens (tertiary/aromatic N) is 1. The summed E-state index contributed by atoms with van der Waals surface area (Å²) in [6, 6.07) is 15.2. The average molecular weight is 398 g/mol. The van der Waals surface area contributed by atoms with Crippen molar-refractivity contribution in [2.75, 3.05) is 7.11 Å². The number of ether oxygens (including phenoxy) is 1. The van der Waals surface area contributed by atoms with Crippen LogP contribution in [0.2, 0.25) is 5.02 Å². The van der Waals surface area contributed by atoms with Crippen LogP contribution in [-0.2, 0) is 6.42 Å². The molecule has 3 aromatic rings. The lowest BCUT2D eigenvalue weighted by molar-refractivity contribution is 0.0936. The molecule has 0 aliphatic heterocycles. The van der Waals surface area contributed by atoms with Gasteiger partial charge < -0.3 is 15.0 Å². The second-order valence-corrected chi connectivity index (χ2v) is 6.77. The maximum Gasteiger partial charge on any atom is 0.251 e. The number of methoxy groups -OCH3 is 1. The van der Waals surface area contributed by atoms with Crippen LogP contribution in [0.3, 0.4) is 0 Å². The Hall–Kier alpha value is -3.12. The molecule has 3 rings (SSSR count). The Labute approximate surface area is 167 Å². The van der Waals surface area contributed by atoms with Crippen molar-refractivity contribution >= 4 is 17.5 Å². The zero-order chi connectivity index (χ0) is 20.1. The van der Waals surface area contributed by atoms with Gasteiger partial charge in [0.25, 0.3) is 11.5 Å². The van der Waals surface area contributed by atoms with Gasteiger partial charge in [0.2, 0.25) is 0 Å². The highest BCUT2D eigenvalue weighted by atomic mass is 35.5. The summed E-state index contributed by atoms with van der Waals surface area (Å²) in [5.41, 5.74) is 1.71. The van der Waals surface area contributed by atoms with Gasteiger partial charge in [0.05, 0.1) is 18.8 Å². The third-order valence-electron chi connectivity index (χ3n) is 4.24. The molecule has 1 amide bonds. The molecular formula is C21H20ClN3O3. The van der Waals surface area contributed by atoms with E-state index in [1.165, 1.54) is 6.07 Å². The molecule has 7 heteroatoms. The second kappa shape index (κ2) is 8.71. The van der Waals surface area contributed by atoms with Gasteiger partial charge in [-0.15, -0.1) is 0 Å². The van der Waals surface area contributed by atoms with E-state index < -0.39 is 0 Å². The molecule has 1 atom stereocenters. The summed E-state index contributed by atoms with van der Waals surface area (Å²) < 4.78 is 5.19. The van der Waals surface area contributed by atoms with Gasteiger partial charge in [-0.3, -0.25) is 9.59 Å². The van der Waals surface area contributed by atoms with Crippen LogP contribution in [0.1, 0.15) is 33.5 Å². The minimum Gasteiger partial charge on any atom is -0.497 e. The molecule has 2 N–H and O–H groups in total. The first-order valence-electron chi connectivity index (χ1n) is 8.72. The van der Waals surface area contributed by atoms with E-state index >= 15 is 0 Å². The quantitative estimate of drug-likeness (QED) is 0.667. The van der Waals surface area contributed by atoms with Crippen molar-refractivity contribution in [1.82, 2.24) is 15.3 Å². The molecule has 1 heterocycles. The molecule has 0 spiro atoms. The van der Waals surface area contributed by atoms with E-state index in [9.17, 15) is 9.59 Å². The van der Waals surface area contributed by atoms with Crippen LogP contribution in [0.15, 0.2) is 59.4 Å². The van der Waals surface area contributed by atoms with Gasteiger partial charge in [-0.1, -0.05) is 29.8 Å². The Bertz CT molecular complexity index is 1030. The van der Waals surface area contributed by atoms with Crippen LogP contribution >= 0.6 is 11.6 Å². The number of aromatic amines is 1. The highest BCUT2D eigenvalue weighted by Gasteiger charge is 2.18. The van der Waals surface area contributed by atoms with E-state index in [0.29, 0.717) is 34.3 Å². The van der Waals surface area contributed by atoms with E-state index in [0.717, 1.165) is 5.56 Å². The molecule has 0 radical (unpaired) electrons. The smallest absolute Gasteiger partial charge is 0.251 e. The number of rotatable bonds is 6. The third kappa shape index (κ3) is 4.98. The molecule has 0 aliphatic carbocycles. The van der Waals surface area contributed by atoms with Crippen molar-refractivity contribution in [2.45, 2.75) is 19.4 Å². The summed E-state index contributed by atoms with van der Waals surface area (Å²) in [6.45, 7) is 1.72. The first kappa shape index (κ1) is 19.6. The number of nitrogens with one attached hydrogen (secondary N) is 2. The summed E-state index contributed by atoms with van der Waals surface area (Å²) in [5.74, 6) is 0.875. The number of aromatic nitrogens is 2. The lowest BCUT2D eigenvalue weighted by Crippen LogP contribution is -2.30. The van der Waals surface area contributed by atoms with Crippen LogP contribution in [-0.4, -0.2) is 23.0 Å². The topological polar surface area (TPSA) is 84.1 Å². The molecule has 0 fully saturated rings. The fourth-order valence-electron chi connectivity index (χ4n) is 2.91. The normalized spacial score (nSPS) is 11.7. The Balaban J connectivity index is 1.90. The molecule has 0 saturated carbocycles. The fraction of sp³-hybridized carbons (Fsp3) is 0.190. The van der Waals surface area contributed by atoms with Crippen LogP contribution in [0.25, 0.3) is 0 Å². The molecular weight excluding hydrogens is 378 g/mol. The lowest BCUT2D eigenvalue weighted by atomic mass is 10.0. The van der Waals surface area contributed by atoms with E-state index in [4.69, 9.17) is 16.3 Å². The first-order chi connectivity index (χ1) is 13.4. The van der Waals surface area contributed by atoms with Gasteiger partial charge in [0.1, 0.15) is 11.6 Å². The molecule has 0 aliphatic rings. The molecule has 0 saturated heterocycles. The van der Waals surface area contributed by atoms with Crippen molar-refractivity contribution in [1.29, 1.82) is 0 Å². The number of amides is 1. The number of aryl methyl sites for hydroxylation is 1. The van der Waals surface area contributed by atoms with Gasteiger partial charge in [0.15, 0.2) is 0 Å². The van der Waals surface area contributed by atoms with Crippen LogP contribution in [0.4, 0.5) is 0 Å². The highest BCUT2D eigenvalue weighted by Crippen LogP contribution is 2.21. The van der Waals surface area contributed by atoms with Crippen LogP contribution in [0, 0.1) is 6.92 Å². The van der Waals surface area contributed by atoms with Gasteiger partial charge in [0, 0.05) is 23.1 Å². The Morgan fingerprint density at radius 1 is 1.21 bits per heavy atom. The predicted octanol–water partition coefficient (Wildman–Crippen LogP) is 3.45. The van der Waals surface area contributed by atoms with Crippen LogP contribution < -0.4 is 15.6 Å². The molecule has 6 nitrogen and oxygen atoms in total. The minimum absolute atomic E-state index is 0.225. The molecule has 144 valence electrons. The SMILES string of the molecule is COc1cccc(C(=O)NC(Cc2cc(=O)[nH]c(C)n2)c2ccc(Cl)cc2)c1. The van der Waals surface area contributed by atoms with Gasteiger partial charge in [-0.25, -0.2) is 4.98 Å². The van der Waals surface area contributed by atoms with E-state index in [1.807, 2.05) is 12.1 Å². The van der Waals surface area contributed by atoms with Gasteiger partial charge in [-0.2, -0.15) is 0 Å². The van der Waals surface area contributed by atoms with Crippen molar-refractivity contribution in [2.24, 2.45) is 0 Å². The zero-order valence-corrected chi connectivity index (χ0v) is 16.3. The van der Waals surface area contributed by atoms with Gasteiger partial charge in [-0.05, 0) is 42.8 Å². The standard InChI is InChI=1S/C21H20ClN3O3/c1-13-23-17(12-20(26)24-13)11-19(14-6-8-16(22)9-7-14)25-21(27)15-4-3-5-18(10-15)28-2/h3-10,12,19H,11H2,1-2H3,(H,25,27)(H,23,24,26). The number of halogens is 1. The molecule has 28 heavy (non-hydrogen) atoms. The van der Waals surface area contributed by atoms with Crippen molar-refractivity contribution < 1.29 is 9.53 Å². The van der Waals surface area contributed by atoms with Crippen molar-refractivity contribution in [3.05, 3.63) is 92.6 Å². The first-order valence-corrected chi connectivity index (χ1v) is 9.09. The number of carbonyl (C=O) groups is 1. The summed E-state index contributed by atoms with van der Waals surface area (Å²) >= 11 is 5.99. The number of hydrogen-bond acceptors (Lipinski definition) is 4. The largest absolute Gasteiger partial charge is 0.497 e. The number of H-pyrrole nitrogens is 1. The third-order valence-corrected chi connectivity index (χ3v) is 4.49. The molecule has 1 aromatic heterocycles. The molecule has 1 unspecified atom stereocenters. The number of carbonyl (C=O) groups excluding carboxylic acids is 1. The van der Waals surface area contributed by atoms with E-state index in [2.05, 4.69) is 15.3 Å². The molecule has 0 bridgehead atoms. The monoisotopic (exact) mass is 397 g/mol. The van der Waals surface area contributed by atoms with E-state index in [1.54, 1.807) is 50.4 Å². The predicted molar refractivity (Wildman–Crippen MR) is 108 cm³/mol. The summed E-state index contributed by atoms with van der Waals surface area (Å²) in [6.07, 6.45) is 0.363. The Morgan fingerprint density at radius 3 is 2.64 bits per heavy atom. The Morgan fingerprint density at radius 2 is 1.96 bits per heavy atom.